The van der Waals surface area contributed by atoms with Crippen molar-refractivity contribution in [3.8, 4) is 0 Å². The first-order valence-corrected chi connectivity index (χ1v) is 7.10. The van der Waals surface area contributed by atoms with Crippen LogP contribution >= 0.6 is 0 Å². The molecule has 1 aliphatic heterocycles. The van der Waals surface area contributed by atoms with Crippen molar-refractivity contribution < 1.29 is 0 Å². The molecule has 0 atom stereocenters. The second-order valence-corrected chi connectivity index (χ2v) is 5.63. The molecule has 0 aromatic heterocycles. The third kappa shape index (κ3) is 3.46. The van der Waals surface area contributed by atoms with Crippen LogP contribution < -0.4 is 5.32 Å². The zero-order chi connectivity index (χ0) is 12.0. The summed E-state index contributed by atoms with van der Waals surface area (Å²) < 4.78 is 0. The van der Waals surface area contributed by atoms with Crippen LogP contribution in [0.3, 0.4) is 0 Å². The number of piperazine rings is 1. The van der Waals surface area contributed by atoms with Gasteiger partial charge in [-0.1, -0.05) is 27.7 Å². The van der Waals surface area contributed by atoms with E-state index in [2.05, 4.69) is 37.9 Å². The molecule has 2 nitrogen and oxygen atoms in total. The Kier molecular flexibility index (Phi) is 5.77. The molecular weight excluding hydrogens is 196 g/mol. The summed E-state index contributed by atoms with van der Waals surface area (Å²) in [5.41, 5.74) is 0.440. The molecule has 96 valence electrons. The van der Waals surface area contributed by atoms with Gasteiger partial charge in [0, 0.05) is 25.2 Å². The predicted molar refractivity (Wildman–Crippen MR) is 71.8 cm³/mol. The van der Waals surface area contributed by atoms with Gasteiger partial charge in [-0.3, -0.25) is 4.90 Å². The zero-order valence-corrected chi connectivity index (χ0v) is 11.7. The van der Waals surface area contributed by atoms with Crippen LogP contribution in [0, 0.1) is 5.92 Å². The van der Waals surface area contributed by atoms with Crippen molar-refractivity contribution in [3.05, 3.63) is 0 Å². The lowest BCUT2D eigenvalue weighted by Crippen LogP contribution is -2.60. The second kappa shape index (κ2) is 6.61. The molecule has 1 heterocycles. The first-order chi connectivity index (χ1) is 7.64. The van der Waals surface area contributed by atoms with E-state index in [0.29, 0.717) is 5.54 Å². The smallest absolute Gasteiger partial charge is 0.0329 e. The van der Waals surface area contributed by atoms with Crippen LogP contribution in [0.15, 0.2) is 0 Å². The molecule has 0 amide bonds. The fourth-order valence-corrected chi connectivity index (χ4v) is 2.87. The number of nitrogens with zero attached hydrogens (tertiary/aromatic N) is 1. The summed E-state index contributed by atoms with van der Waals surface area (Å²) in [5, 5.41) is 3.57. The molecule has 0 aliphatic carbocycles. The van der Waals surface area contributed by atoms with Gasteiger partial charge in [0.1, 0.15) is 0 Å². The fraction of sp³-hybridized carbons (Fsp3) is 1.00. The molecule has 0 radical (unpaired) electrons. The molecule has 2 heteroatoms. The van der Waals surface area contributed by atoms with Gasteiger partial charge in [0.2, 0.25) is 0 Å². The van der Waals surface area contributed by atoms with Gasteiger partial charge in [0.25, 0.3) is 0 Å². The van der Waals surface area contributed by atoms with E-state index in [9.17, 15) is 0 Å². The molecule has 0 aromatic carbocycles. The van der Waals surface area contributed by atoms with Crippen molar-refractivity contribution >= 4 is 0 Å². The van der Waals surface area contributed by atoms with Crippen LogP contribution in [-0.4, -0.2) is 36.6 Å². The minimum absolute atomic E-state index is 0.440. The Balaban J connectivity index is 2.46. The molecule has 1 rings (SSSR count). The van der Waals surface area contributed by atoms with Crippen LogP contribution in [0.25, 0.3) is 0 Å². The van der Waals surface area contributed by atoms with Gasteiger partial charge in [-0.2, -0.15) is 0 Å². The average molecular weight is 226 g/mol. The standard InChI is InChI=1S/C14H30N2/c1-5-14(6-2)12-15-9-11-16(14)10-7-8-13(3)4/h13,15H,5-12H2,1-4H3. The van der Waals surface area contributed by atoms with Crippen molar-refractivity contribution in [2.45, 2.75) is 58.9 Å². The minimum atomic E-state index is 0.440. The Bertz CT molecular complexity index is 185. The Morgan fingerprint density at radius 1 is 1.25 bits per heavy atom. The van der Waals surface area contributed by atoms with Gasteiger partial charge in [-0.05, 0) is 38.1 Å². The van der Waals surface area contributed by atoms with Gasteiger partial charge in [0.15, 0.2) is 0 Å². The summed E-state index contributed by atoms with van der Waals surface area (Å²) in [6.07, 6.45) is 5.28. The maximum atomic E-state index is 3.57. The molecule has 0 unspecified atom stereocenters. The summed E-state index contributed by atoms with van der Waals surface area (Å²) in [5.74, 6) is 0.848. The summed E-state index contributed by atoms with van der Waals surface area (Å²) in [6.45, 7) is 14.2. The lowest BCUT2D eigenvalue weighted by molar-refractivity contribution is 0.0498. The monoisotopic (exact) mass is 226 g/mol. The summed E-state index contributed by atoms with van der Waals surface area (Å²) in [4.78, 5) is 2.74. The van der Waals surface area contributed by atoms with Gasteiger partial charge in [-0.15, -0.1) is 0 Å². The highest BCUT2D eigenvalue weighted by molar-refractivity contribution is 4.93. The molecule has 16 heavy (non-hydrogen) atoms. The molecule has 0 bridgehead atoms. The Labute approximate surface area is 102 Å². The third-order valence-corrected chi connectivity index (χ3v) is 4.21. The Hall–Kier alpha value is -0.0800. The molecule has 0 spiro atoms. The molecule has 1 saturated heterocycles. The lowest BCUT2D eigenvalue weighted by Gasteiger charge is -2.47. The molecule has 0 aromatic rings. The quantitative estimate of drug-likeness (QED) is 0.749. The molecule has 0 saturated carbocycles. The summed E-state index contributed by atoms with van der Waals surface area (Å²) in [7, 11) is 0. The molecular formula is C14H30N2. The SMILES string of the molecule is CCC1(CC)CNCCN1CCCC(C)C. The van der Waals surface area contributed by atoms with E-state index in [1.54, 1.807) is 0 Å². The van der Waals surface area contributed by atoms with E-state index in [1.807, 2.05) is 0 Å². The van der Waals surface area contributed by atoms with Crippen LogP contribution in [0.2, 0.25) is 0 Å². The first-order valence-electron chi connectivity index (χ1n) is 7.10. The second-order valence-electron chi connectivity index (χ2n) is 5.63. The number of rotatable bonds is 6. The number of hydrogen-bond donors (Lipinski definition) is 1. The van der Waals surface area contributed by atoms with E-state index in [4.69, 9.17) is 0 Å². The summed E-state index contributed by atoms with van der Waals surface area (Å²) in [6, 6.07) is 0. The zero-order valence-electron chi connectivity index (χ0n) is 11.7. The molecule has 1 aliphatic rings. The average Bonchev–Trinajstić information content (AvgIpc) is 2.29. The topological polar surface area (TPSA) is 15.3 Å². The van der Waals surface area contributed by atoms with E-state index in [0.717, 1.165) is 5.92 Å². The van der Waals surface area contributed by atoms with Gasteiger partial charge >= 0.3 is 0 Å². The van der Waals surface area contributed by atoms with Crippen molar-refractivity contribution in [1.29, 1.82) is 0 Å². The van der Waals surface area contributed by atoms with Crippen LogP contribution in [-0.2, 0) is 0 Å². The molecule has 1 N–H and O–H groups in total. The lowest BCUT2D eigenvalue weighted by atomic mass is 9.88. The largest absolute Gasteiger partial charge is 0.314 e. The Morgan fingerprint density at radius 2 is 1.94 bits per heavy atom. The first kappa shape index (κ1) is 14.0. The van der Waals surface area contributed by atoms with Crippen LogP contribution in [0.4, 0.5) is 0 Å². The van der Waals surface area contributed by atoms with E-state index in [1.165, 1.54) is 51.9 Å². The van der Waals surface area contributed by atoms with Crippen LogP contribution in [0.1, 0.15) is 53.4 Å². The van der Waals surface area contributed by atoms with E-state index in [-0.39, 0.29) is 0 Å². The maximum absolute atomic E-state index is 3.57. The van der Waals surface area contributed by atoms with E-state index < -0.39 is 0 Å². The predicted octanol–water partition coefficient (Wildman–Crippen LogP) is 2.89. The highest BCUT2D eigenvalue weighted by atomic mass is 15.3. The number of hydrogen-bond acceptors (Lipinski definition) is 2. The normalized spacial score (nSPS) is 21.6. The molecule has 1 fully saturated rings. The van der Waals surface area contributed by atoms with Gasteiger partial charge in [-0.25, -0.2) is 0 Å². The van der Waals surface area contributed by atoms with Gasteiger partial charge in [0.05, 0.1) is 0 Å². The van der Waals surface area contributed by atoms with Crippen molar-refractivity contribution in [1.82, 2.24) is 10.2 Å². The highest BCUT2D eigenvalue weighted by Crippen LogP contribution is 2.26. The van der Waals surface area contributed by atoms with E-state index >= 15 is 0 Å². The Morgan fingerprint density at radius 3 is 2.50 bits per heavy atom. The van der Waals surface area contributed by atoms with Crippen LogP contribution in [0.5, 0.6) is 0 Å². The van der Waals surface area contributed by atoms with Crippen molar-refractivity contribution in [3.63, 3.8) is 0 Å². The fourth-order valence-electron chi connectivity index (χ4n) is 2.87. The minimum Gasteiger partial charge on any atom is -0.314 e. The van der Waals surface area contributed by atoms with Gasteiger partial charge < -0.3 is 5.32 Å². The third-order valence-electron chi connectivity index (χ3n) is 4.21. The number of nitrogens with one attached hydrogen (secondary N) is 1. The highest BCUT2D eigenvalue weighted by Gasteiger charge is 2.34. The van der Waals surface area contributed by atoms with Crippen molar-refractivity contribution in [2.24, 2.45) is 5.92 Å². The maximum Gasteiger partial charge on any atom is 0.0329 e. The summed E-state index contributed by atoms with van der Waals surface area (Å²) >= 11 is 0. The van der Waals surface area contributed by atoms with Crippen molar-refractivity contribution in [2.75, 3.05) is 26.2 Å².